The molecule has 14 nitrogen and oxygen atoms in total. The number of rotatable bonds is 7. The van der Waals surface area contributed by atoms with E-state index in [0.717, 1.165) is 4.90 Å². The van der Waals surface area contributed by atoms with Crippen molar-refractivity contribution in [1.29, 1.82) is 0 Å². The lowest BCUT2D eigenvalue weighted by Crippen LogP contribution is -2.60. The van der Waals surface area contributed by atoms with Gasteiger partial charge >= 0.3 is 12.1 Å². The van der Waals surface area contributed by atoms with Crippen LogP contribution in [-0.2, 0) is 9.53 Å². The van der Waals surface area contributed by atoms with Crippen molar-refractivity contribution in [3.8, 4) is 5.88 Å². The minimum atomic E-state index is -3.18. The third-order valence-electron chi connectivity index (χ3n) is 6.86. The summed E-state index contributed by atoms with van der Waals surface area (Å²) < 4.78 is 40.6. The third-order valence-corrected chi connectivity index (χ3v) is 6.86. The van der Waals surface area contributed by atoms with Crippen molar-refractivity contribution in [2.75, 3.05) is 55.4 Å². The van der Waals surface area contributed by atoms with Crippen LogP contribution in [0.2, 0.25) is 0 Å². The average molecular weight is 578 g/mol. The molecule has 41 heavy (non-hydrogen) atoms. The molecule has 0 aromatic carbocycles. The highest BCUT2D eigenvalue weighted by Crippen LogP contribution is 2.33. The fourth-order valence-electron chi connectivity index (χ4n) is 4.56. The number of anilines is 3. The lowest BCUT2D eigenvalue weighted by Gasteiger charge is -2.42. The van der Waals surface area contributed by atoms with Crippen molar-refractivity contribution in [3.63, 3.8) is 0 Å². The highest BCUT2D eigenvalue weighted by molar-refractivity contribution is 5.88. The lowest BCUT2D eigenvalue weighted by atomic mass is 10.00. The van der Waals surface area contributed by atoms with Gasteiger partial charge in [0.25, 0.3) is 5.92 Å². The molecule has 2 fully saturated rings. The number of halogens is 2. The van der Waals surface area contributed by atoms with Crippen molar-refractivity contribution in [3.05, 3.63) is 24.7 Å². The summed E-state index contributed by atoms with van der Waals surface area (Å²) in [7, 11) is 1.27. The van der Waals surface area contributed by atoms with E-state index in [1.165, 1.54) is 43.5 Å². The van der Waals surface area contributed by atoms with Gasteiger partial charge in [0.05, 0.1) is 19.0 Å². The first-order chi connectivity index (χ1) is 19.6. The quantitative estimate of drug-likeness (QED) is 0.502. The van der Waals surface area contributed by atoms with Gasteiger partial charge in [-0.05, 0) is 13.0 Å². The summed E-state index contributed by atoms with van der Waals surface area (Å²) in [5, 5.41) is 5.01. The zero-order chi connectivity index (χ0) is 29.6. The zero-order valence-electron chi connectivity index (χ0n) is 23.0. The van der Waals surface area contributed by atoms with E-state index >= 15 is 0 Å². The average Bonchev–Trinajstić information content (AvgIpc) is 2.94. The van der Waals surface area contributed by atoms with Crippen molar-refractivity contribution >= 4 is 35.6 Å². The summed E-state index contributed by atoms with van der Waals surface area (Å²) in [5.74, 6) is -2.59. The predicted octanol–water partition coefficient (Wildman–Crippen LogP) is 2.60. The molecule has 0 bridgehead atoms. The Morgan fingerprint density at radius 3 is 2.51 bits per heavy atom. The number of nitrogens with one attached hydrogen (secondary N) is 2. The number of likely N-dealkylation sites (N-methyl/N-ethyl adjacent to an activating group) is 1. The molecule has 2 aliphatic rings. The van der Waals surface area contributed by atoms with Gasteiger partial charge in [-0.3, -0.25) is 15.4 Å². The minimum absolute atomic E-state index is 0.0205. The van der Waals surface area contributed by atoms with Crippen LogP contribution < -0.4 is 20.3 Å². The molecule has 0 aliphatic carbocycles. The van der Waals surface area contributed by atoms with E-state index in [2.05, 4.69) is 30.6 Å². The summed E-state index contributed by atoms with van der Waals surface area (Å²) >= 11 is 0. The van der Waals surface area contributed by atoms with E-state index in [1.54, 1.807) is 11.8 Å². The molecule has 0 saturated carbocycles. The van der Waals surface area contributed by atoms with Crippen LogP contribution in [0.5, 0.6) is 5.88 Å². The molecule has 0 spiro atoms. The Kier molecular flexibility index (Phi) is 9.29. The van der Waals surface area contributed by atoms with E-state index < -0.39 is 30.5 Å². The maximum atomic E-state index is 15.0. The standard InChI is InChI=1S/C25H33F2N9O5/c1-4-40-21-14-29-20(13-30-21)32-23(38)34(3)18-15-36(12-8-25(18,26)27)22-28-9-5-19(31-22)33-24(39)41-17-6-10-35(11-7-17)16(2)37/h5,9,13-14,17-18H,4,6-8,10-12,15H2,1-3H3,(H,29,32,38)(H,28,31,33,39)/t18-/m0/s1. The first kappa shape index (κ1) is 29.6. The SMILES string of the molecule is CCOc1cnc(NC(=O)N(C)[C@H]2CN(c3nccc(NC(=O)OC4CCN(C(C)=O)CC4)n3)CCC2(F)F)cn1. The van der Waals surface area contributed by atoms with E-state index in [1.807, 2.05) is 0 Å². The second kappa shape index (κ2) is 12.9. The van der Waals surface area contributed by atoms with Gasteiger partial charge in [0.1, 0.15) is 18.0 Å². The first-order valence-electron chi connectivity index (χ1n) is 13.2. The number of hydrogen-bond donors (Lipinski definition) is 2. The van der Waals surface area contributed by atoms with Crippen molar-refractivity contribution in [2.45, 2.75) is 51.2 Å². The molecule has 0 unspecified atom stereocenters. The number of hydrogen-bond acceptors (Lipinski definition) is 10. The van der Waals surface area contributed by atoms with Gasteiger partial charge in [-0.15, -0.1) is 0 Å². The first-order valence-corrected chi connectivity index (χ1v) is 13.2. The minimum Gasteiger partial charge on any atom is -0.477 e. The van der Waals surface area contributed by atoms with E-state index in [-0.39, 0.29) is 48.6 Å². The second-order valence-corrected chi connectivity index (χ2v) is 9.66. The number of alkyl halides is 2. The largest absolute Gasteiger partial charge is 0.477 e. The third kappa shape index (κ3) is 7.64. The Morgan fingerprint density at radius 1 is 1.10 bits per heavy atom. The summed E-state index contributed by atoms with van der Waals surface area (Å²) in [4.78, 5) is 57.3. The smallest absolute Gasteiger partial charge is 0.413 e. The van der Waals surface area contributed by atoms with Gasteiger partial charge in [0.2, 0.25) is 17.7 Å². The molecular weight excluding hydrogens is 544 g/mol. The Hall–Kier alpha value is -4.37. The predicted molar refractivity (Wildman–Crippen MR) is 143 cm³/mol. The number of carbonyl (C=O) groups is 3. The van der Waals surface area contributed by atoms with Crippen LogP contribution in [0.25, 0.3) is 0 Å². The van der Waals surface area contributed by atoms with Crippen LogP contribution in [0.15, 0.2) is 24.7 Å². The number of urea groups is 1. The molecule has 16 heteroatoms. The van der Waals surface area contributed by atoms with Crippen molar-refractivity contribution in [1.82, 2.24) is 29.7 Å². The van der Waals surface area contributed by atoms with Gasteiger partial charge in [-0.2, -0.15) is 4.98 Å². The molecule has 222 valence electrons. The van der Waals surface area contributed by atoms with E-state index in [0.29, 0.717) is 32.5 Å². The second-order valence-electron chi connectivity index (χ2n) is 9.66. The van der Waals surface area contributed by atoms with Gasteiger partial charge in [0, 0.05) is 65.6 Å². The number of carbonyl (C=O) groups excluding carboxylic acids is 3. The number of likely N-dealkylation sites (tertiary alicyclic amines) is 1. The van der Waals surface area contributed by atoms with Gasteiger partial charge in [0.15, 0.2) is 5.82 Å². The molecule has 2 N–H and O–H groups in total. The maximum absolute atomic E-state index is 15.0. The molecule has 4 heterocycles. The summed E-state index contributed by atoms with van der Waals surface area (Å²) in [6.07, 6.45) is 3.44. The zero-order valence-corrected chi connectivity index (χ0v) is 23.0. The topological polar surface area (TPSA) is 155 Å². The Bertz CT molecular complexity index is 1230. The van der Waals surface area contributed by atoms with Crippen molar-refractivity contribution in [2.24, 2.45) is 0 Å². The lowest BCUT2D eigenvalue weighted by molar-refractivity contribution is -0.130. The molecule has 2 aromatic heterocycles. The van der Waals surface area contributed by atoms with Crippen LogP contribution in [0.4, 0.5) is 36.0 Å². The molecule has 2 aliphatic heterocycles. The highest BCUT2D eigenvalue weighted by atomic mass is 19.3. The van der Waals surface area contributed by atoms with Crippen LogP contribution in [-0.4, -0.2) is 106 Å². The number of ether oxygens (including phenoxy) is 2. The number of amides is 4. The van der Waals surface area contributed by atoms with Crippen LogP contribution >= 0.6 is 0 Å². The Morgan fingerprint density at radius 2 is 1.85 bits per heavy atom. The molecule has 2 saturated heterocycles. The van der Waals surface area contributed by atoms with Gasteiger partial charge < -0.3 is 24.2 Å². The fraction of sp³-hybridized carbons (Fsp3) is 0.560. The van der Waals surface area contributed by atoms with Crippen LogP contribution in [0, 0.1) is 0 Å². The molecule has 0 radical (unpaired) electrons. The van der Waals surface area contributed by atoms with E-state index in [4.69, 9.17) is 9.47 Å². The van der Waals surface area contributed by atoms with E-state index in [9.17, 15) is 23.2 Å². The van der Waals surface area contributed by atoms with Crippen LogP contribution in [0.3, 0.4) is 0 Å². The Labute approximate surface area is 235 Å². The fourth-order valence-corrected chi connectivity index (χ4v) is 4.56. The molecule has 4 rings (SSSR count). The number of aromatic nitrogens is 4. The number of nitrogens with zero attached hydrogens (tertiary/aromatic N) is 7. The molecule has 2 aromatic rings. The van der Waals surface area contributed by atoms with Crippen LogP contribution in [0.1, 0.15) is 33.1 Å². The molecular formula is C25H33F2N9O5. The summed E-state index contributed by atoms with van der Waals surface area (Å²) in [6, 6.07) is -0.836. The molecule has 4 amide bonds. The maximum Gasteiger partial charge on any atom is 0.413 e. The van der Waals surface area contributed by atoms with Gasteiger partial charge in [-0.1, -0.05) is 0 Å². The van der Waals surface area contributed by atoms with Gasteiger partial charge in [-0.25, -0.2) is 33.3 Å². The number of piperidine rings is 2. The van der Waals surface area contributed by atoms with Crippen molar-refractivity contribution < 1.29 is 32.6 Å². The summed E-state index contributed by atoms with van der Waals surface area (Å²) in [5.41, 5.74) is 0. The monoisotopic (exact) mass is 577 g/mol. The molecule has 1 atom stereocenters. The normalized spacial score (nSPS) is 18.8. The summed E-state index contributed by atoms with van der Waals surface area (Å²) in [6.45, 7) is 4.37. The Balaban J connectivity index is 1.35. The highest BCUT2D eigenvalue weighted by Gasteiger charge is 2.48.